The molecule has 0 saturated heterocycles. The van der Waals surface area contributed by atoms with Gasteiger partial charge in [-0.05, 0) is 147 Å². The van der Waals surface area contributed by atoms with E-state index in [0.29, 0.717) is 74.8 Å². The van der Waals surface area contributed by atoms with Gasteiger partial charge in [0.1, 0.15) is 17.8 Å². The number of aromatic amines is 1. The van der Waals surface area contributed by atoms with Gasteiger partial charge in [-0.2, -0.15) is 0 Å². The van der Waals surface area contributed by atoms with Crippen LogP contribution in [0.5, 0.6) is 0 Å². The fraction of sp³-hybridized carbons (Fsp3) is 0.338. The molecule has 25 heteroatoms. The zero-order valence-electron chi connectivity index (χ0n) is 54.8. The SMILES string of the molecule is C.C.CC(C)(C)OC(=O)N(Cc1ccc(N)cn1)[C@H]1CCC[C@@H](Nc2ncc(Cl)c(-c3c[nH]c4ccccc34)n2)C1.CC(C)(C)OC(=O)N(Cc1ccc(NC(=O)OCc2ccccc2)cn1)[C@H]1CCC[C@@H](Nc2ncc(Cl)c(-c3cn(S(=O)(=O)c4ccccc4)c4ccccc34)n2)C1. The molecule has 0 radical (unpaired) electrons. The summed E-state index contributed by atoms with van der Waals surface area (Å²) in [6.45, 7) is 11.8. The Balaban J connectivity index is 0.000000244. The Bertz CT molecular complexity index is 4500. The Kier molecular flexibility index (Phi) is 23.9. The molecule has 22 nitrogen and oxygen atoms in total. The molecular formula is C74H86Cl2N14O8S. The number of nitrogen functional groups attached to an aromatic ring is 1. The maximum atomic E-state index is 13.8. The van der Waals surface area contributed by atoms with Gasteiger partial charge in [0, 0.05) is 64.0 Å². The first-order chi connectivity index (χ1) is 46.5. The minimum Gasteiger partial charge on any atom is -0.444 e. The average Bonchev–Trinajstić information content (AvgIpc) is 1.61. The van der Waals surface area contributed by atoms with Crippen molar-refractivity contribution < 1.29 is 37.0 Å². The molecule has 12 rings (SSSR count). The fourth-order valence-corrected chi connectivity index (χ4v) is 13.7. The van der Waals surface area contributed by atoms with Crippen molar-refractivity contribution in [2.75, 3.05) is 21.7 Å². The molecule has 10 aromatic rings. The van der Waals surface area contributed by atoms with Gasteiger partial charge in [-0.25, -0.2) is 46.7 Å². The number of pyridine rings is 2. The lowest BCUT2D eigenvalue weighted by molar-refractivity contribution is 0.00805. The van der Waals surface area contributed by atoms with Crippen molar-refractivity contribution in [1.82, 2.24) is 48.7 Å². The summed E-state index contributed by atoms with van der Waals surface area (Å²) in [4.78, 5) is 73.9. The van der Waals surface area contributed by atoms with Gasteiger partial charge in [0.2, 0.25) is 11.9 Å². The number of nitrogens with two attached hydrogens (primary N) is 1. The smallest absolute Gasteiger partial charge is 0.412 e. The van der Waals surface area contributed by atoms with Crippen LogP contribution in [-0.2, 0) is 43.9 Å². The second kappa shape index (κ2) is 32.2. The van der Waals surface area contributed by atoms with E-state index in [-0.39, 0.29) is 68.2 Å². The maximum absolute atomic E-state index is 13.8. The monoisotopic (exact) mass is 1400 g/mol. The number of fused-ring (bicyclic) bond motifs is 2. The van der Waals surface area contributed by atoms with E-state index in [2.05, 4.69) is 40.9 Å². The molecule has 0 unspecified atom stereocenters. The van der Waals surface area contributed by atoms with Crippen molar-refractivity contribution in [3.05, 3.63) is 198 Å². The largest absolute Gasteiger partial charge is 0.444 e. The van der Waals surface area contributed by atoms with Gasteiger partial charge in [0.05, 0.1) is 92.5 Å². The number of hydrogen-bond donors (Lipinski definition) is 5. The minimum atomic E-state index is -3.93. The number of carbonyl (C=O) groups excluding carboxylic acids is 3. The molecule has 6 aromatic heterocycles. The maximum Gasteiger partial charge on any atom is 0.412 e. The van der Waals surface area contributed by atoms with E-state index < -0.39 is 33.4 Å². The zero-order valence-corrected chi connectivity index (χ0v) is 57.1. The average molecular weight is 1400 g/mol. The van der Waals surface area contributed by atoms with Gasteiger partial charge in [-0.3, -0.25) is 25.1 Å². The molecule has 0 bridgehead atoms. The molecule has 99 heavy (non-hydrogen) atoms. The second-order valence-electron chi connectivity index (χ2n) is 26.0. The molecular weight excluding hydrogens is 1320 g/mol. The summed E-state index contributed by atoms with van der Waals surface area (Å²) in [7, 11) is -3.93. The molecule has 520 valence electrons. The lowest BCUT2D eigenvalue weighted by Gasteiger charge is -2.38. The van der Waals surface area contributed by atoms with Gasteiger partial charge in [-0.1, -0.05) is 123 Å². The molecule has 2 aliphatic carbocycles. The van der Waals surface area contributed by atoms with E-state index in [4.69, 9.17) is 53.1 Å². The molecule has 0 aliphatic heterocycles. The molecule has 2 aliphatic rings. The van der Waals surface area contributed by atoms with Crippen LogP contribution in [0, 0.1) is 0 Å². The Hall–Kier alpha value is -9.84. The highest BCUT2D eigenvalue weighted by molar-refractivity contribution is 7.90. The van der Waals surface area contributed by atoms with Crippen molar-refractivity contribution in [3.63, 3.8) is 0 Å². The lowest BCUT2D eigenvalue weighted by atomic mass is 9.90. The second-order valence-corrected chi connectivity index (χ2v) is 28.7. The molecule has 2 saturated carbocycles. The summed E-state index contributed by atoms with van der Waals surface area (Å²) in [6.07, 6.45) is 14.7. The number of halogens is 2. The molecule has 6 N–H and O–H groups in total. The zero-order chi connectivity index (χ0) is 68.4. The summed E-state index contributed by atoms with van der Waals surface area (Å²) < 4.78 is 45.8. The third kappa shape index (κ3) is 18.9. The normalized spacial score (nSPS) is 16.2. The van der Waals surface area contributed by atoms with Crippen molar-refractivity contribution in [3.8, 4) is 22.5 Å². The first-order valence-corrected chi connectivity index (χ1v) is 34.4. The van der Waals surface area contributed by atoms with E-state index in [0.717, 1.165) is 72.7 Å². The van der Waals surface area contributed by atoms with Crippen LogP contribution in [0.3, 0.4) is 0 Å². The van der Waals surface area contributed by atoms with Gasteiger partial charge in [0.25, 0.3) is 10.0 Å². The molecule has 3 amide bonds. The van der Waals surface area contributed by atoms with Gasteiger partial charge < -0.3 is 35.6 Å². The number of carbonyl (C=O) groups is 3. The van der Waals surface area contributed by atoms with Gasteiger partial charge in [0.15, 0.2) is 0 Å². The Morgan fingerprint density at radius 3 is 1.68 bits per heavy atom. The summed E-state index contributed by atoms with van der Waals surface area (Å²) >= 11 is 13.2. The van der Waals surface area contributed by atoms with E-state index >= 15 is 0 Å². The number of rotatable bonds is 17. The van der Waals surface area contributed by atoms with Crippen LogP contribution < -0.4 is 21.7 Å². The van der Waals surface area contributed by atoms with Crippen LogP contribution in [0.1, 0.15) is 125 Å². The van der Waals surface area contributed by atoms with Crippen molar-refractivity contribution in [1.29, 1.82) is 0 Å². The first-order valence-electron chi connectivity index (χ1n) is 32.2. The Morgan fingerprint density at radius 2 is 1.13 bits per heavy atom. The number of H-pyrrole nitrogens is 1. The summed E-state index contributed by atoms with van der Waals surface area (Å²) in [5.74, 6) is 0.831. The van der Waals surface area contributed by atoms with Crippen LogP contribution in [0.15, 0.2) is 176 Å². The number of nitrogens with one attached hydrogen (secondary N) is 4. The highest BCUT2D eigenvalue weighted by Crippen LogP contribution is 2.38. The van der Waals surface area contributed by atoms with Crippen molar-refractivity contribution >= 4 is 96.6 Å². The highest BCUT2D eigenvalue weighted by atomic mass is 35.5. The standard InChI is InChI=1S/C43H44ClN7O6S.C29H34ClN7O2.2CH4/c1-43(2,3)57-42(53)50(26-32-22-21-31(24-45-32)48-41(52)56-28-29-13-6-4-7-14-29)33-16-12-15-30(23-33)47-40-46-25-37(44)39(49-40)36-27-51(38-20-11-10-19-35(36)38)58(54,55)34-17-8-5-9-18-34;1-29(2,3)39-28(38)37(17-20-12-11-18(31)14-32-20)21-8-6-7-19(13-21)35-27-34-16-24(30)26(36-27)23-15-33-25-10-5-4-9-22(23)25;;/h4-11,13-14,17-22,24-25,27,30,33H,12,15-16,23,26,28H2,1-3H3,(H,48,52)(H,46,47,49);4-5,9-12,14-16,19,21,33H,6-8,13,17,31H2,1-3H3,(H,34,35,36);2*1H4/t30-,33+;19-,21+;;/m11../s1. The number of hydrogen-bond acceptors (Lipinski definition) is 17. The quantitative estimate of drug-likeness (QED) is 0.0530. The Morgan fingerprint density at radius 1 is 0.616 bits per heavy atom. The Labute approximate surface area is 588 Å². The van der Waals surface area contributed by atoms with Crippen LogP contribution in [0.2, 0.25) is 10.0 Å². The van der Waals surface area contributed by atoms with Crippen LogP contribution in [0.4, 0.5) is 37.7 Å². The van der Waals surface area contributed by atoms with E-state index in [9.17, 15) is 22.8 Å². The number of nitrogens with zero attached hydrogens (tertiary/aromatic N) is 9. The molecule has 6 heterocycles. The van der Waals surface area contributed by atoms with Crippen LogP contribution in [-0.4, -0.2) is 111 Å². The molecule has 4 aromatic carbocycles. The number of ether oxygens (including phenoxy) is 3. The van der Waals surface area contributed by atoms with Gasteiger partial charge >= 0.3 is 18.3 Å². The number of anilines is 4. The summed E-state index contributed by atoms with van der Waals surface area (Å²) in [6, 6.07) is 39.7. The van der Waals surface area contributed by atoms with E-state index in [1.807, 2.05) is 121 Å². The van der Waals surface area contributed by atoms with Crippen LogP contribution >= 0.6 is 23.2 Å². The van der Waals surface area contributed by atoms with E-state index in [1.54, 1.807) is 89.1 Å². The summed E-state index contributed by atoms with van der Waals surface area (Å²) in [5, 5.41) is 12.1. The van der Waals surface area contributed by atoms with Crippen molar-refractivity contribution in [2.45, 2.75) is 168 Å². The van der Waals surface area contributed by atoms with E-state index in [1.165, 1.54) is 16.4 Å². The minimum absolute atomic E-state index is 0. The predicted octanol–water partition coefficient (Wildman–Crippen LogP) is 17.0. The molecule has 4 atom stereocenters. The van der Waals surface area contributed by atoms with Crippen LogP contribution in [0.25, 0.3) is 44.3 Å². The first kappa shape index (κ1) is 73.4. The number of para-hydroxylation sites is 2. The van der Waals surface area contributed by atoms with Gasteiger partial charge in [-0.15, -0.1) is 0 Å². The molecule has 2 fully saturated rings. The fourth-order valence-electron chi connectivity index (χ4n) is 12.0. The third-order valence-electron chi connectivity index (χ3n) is 16.5. The lowest BCUT2D eigenvalue weighted by Crippen LogP contribution is -2.47. The topological polar surface area (TPSA) is 280 Å². The molecule has 0 spiro atoms. The third-order valence-corrected chi connectivity index (χ3v) is 18.7. The van der Waals surface area contributed by atoms with Crippen molar-refractivity contribution in [2.24, 2.45) is 0 Å². The predicted molar refractivity (Wildman–Crippen MR) is 391 cm³/mol. The summed E-state index contributed by atoms with van der Waals surface area (Å²) in [5.41, 5.74) is 11.8. The number of aromatic nitrogens is 8. The highest BCUT2D eigenvalue weighted by Gasteiger charge is 2.36. The number of benzene rings is 4. The number of amides is 3.